The molecular weight excluding hydrogens is 472 g/mol. The first-order valence-corrected chi connectivity index (χ1v) is 11.6. The van der Waals surface area contributed by atoms with Crippen LogP contribution in [-0.4, -0.2) is 128 Å². The molecule has 0 saturated carbocycles. The SMILES string of the molecule is CC(=CCCC(C)CCOC1OC(CO)C(O)C(O)C1O)C(=O)OC1OC(CO)C(O)C(O)C1O. The van der Waals surface area contributed by atoms with Gasteiger partial charge in [-0.1, -0.05) is 13.0 Å². The lowest BCUT2D eigenvalue weighted by molar-refractivity contribution is -0.301. The van der Waals surface area contributed by atoms with E-state index >= 15 is 0 Å². The van der Waals surface area contributed by atoms with Crippen molar-refractivity contribution < 1.29 is 64.6 Å². The molecule has 0 amide bonds. The Morgan fingerprint density at radius 3 is 1.89 bits per heavy atom. The monoisotopic (exact) mass is 510 g/mol. The summed E-state index contributed by atoms with van der Waals surface area (Å²) in [7, 11) is 0. The number of ether oxygens (including phenoxy) is 4. The fourth-order valence-corrected chi connectivity index (χ4v) is 3.77. The van der Waals surface area contributed by atoms with Gasteiger partial charge in [-0.15, -0.1) is 0 Å². The summed E-state index contributed by atoms with van der Waals surface area (Å²) < 4.78 is 21.0. The average molecular weight is 511 g/mol. The summed E-state index contributed by atoms with van der Waals surface area (Å²) in [6.45, 7) is 2.48. The number of esters is 1. The Kier molecular flexibility index (Phi) is 11.9. The van der Waals surface area contributed by atoms with Crippen LogP contribution in [0.25, 0.3) is 0 Å². The van der Waals surface area contributed by atoms with Crippen LogP contribution in [0.1, 0.15) is 33.1 Å². The molecule has 0 aromatic carbocycles. The Morgan fingerprint density at radius 1 is 0.829 bits per heavy atom. The molecule has 2 fully saturated rings. The zero-order valence-corrected chi connectivity index (χ0v) is 19.8. The lowest BCUT2D eigenvalue weighted by Crippen LogP contribution is -2.59. The van der Waals surface area contributed by atoms with Crippen LogP contribution in [0.15, 0.2) is 11.6 Å². The summed E-state index contributed by atoms with van der Waals surface area (Å²) in [5, 5.41) is 77.5. The van der Waals surface area contributed by atoms with Gasteiger partial charge < -0.3 is 59.8 Å². The highest BCUT2D eigenvalue weighted by molar-refractivity contribution is 5.87. The van der Waals surface area contributed by atoms with Gasteiger partial charge in [-0.05, 0) is 32.1 Å². The number of carbonyl (C=O) groups excluding carboxylic acids is 1. The maximum Gasteiger partial charge on any atom is 0.335 e. The minimum Gasteiger partial charge on any atom is -0.429 e. The summed E-state index contributed by atoms with van der Waals surface area (Å²) in [6, 6.07) is 0. The van der Waals surface area contributed by atoms with Crippen LogP contribution < -0.4 is 0 Å². The van der Waals surface area contributed by atoms with Crippen LogP contribution in [0.5, 0.6) is 0 Å². The lowest BCUT2D eigenvalue weighted by Gasteiger charge is -2.39. The molecule has 0 aliphatic carbocycles. The number of hydrogen-bond acceptors (Lipinski definition) is 13. The zero-order valence-electron chi connectivity index (χ0n) is 19.8. The van der Waals surface area contributed by atoms with E-state index in [1.165, 1.54) is 6.92 Å². The molecule has 2 rings (SSSR count). The number of allylic oxidation sites excluding steroid dienone is 1. The van der Waals surface area contributed by atoms with E-state index in [1.54, 1.807) is 6.08 Å². The average Bonchev–Trinajstić information content (AvgIpc) is 2.84. The molecular formula is C22H38O13. The van der Waals surface area contributed by atoms with E-state index in [4.69, 9.17) is 18.9 Å². The van der Waals surface area contributed by atoms with Crippen LogP contribution in [0.4, 0.5) is 0 Å². The smallest absolute Gasteiger partial charge is 0.335 e. The predicted octanol–water partition coefficient (Wildman–Crippen LogP) is -3.10. The second-order valence-corrected chi connectivity index (χ2v) is 9.03. The van der Waals surface area contributed by atoms with Crippen molar-refractivity contribution in [1.82, 2.24) is 0 Å². The van der Waals surface area contributed by atoms with Crippen LogP contribution in [0.3, 0.4) is 0 Å². The molecule has 2 heterocycles. The standard InChI is InChI=1S/C22H38O13/c1-10(6-7-32-21-18(29)16(27)14(25)12(8-23)33-21)4-3-5-11(2)20(31)35-22-19(30)17(28)15(26)13(9-24)34-22/h5,10,12-19,21-30H,3-4,6-9H2,1-2H3. The maximum absolute atomic E-state index is 12.3. The van der Waals surface area contributed by atoms with Crippen LogP contribution in [0, 0.1) is 5.92 Å². The third kappa shape index (κ3) is 7.87. The third-order valence-corrected chi connectivity index (χ3v) is 6.24. The summed E-state index contributed by atoms with van der Waals surface area (Å²) in [6.07, 6.45) is -10.8. The second-order valence-electron chi connectivity index (χ2n) is 9.03. The maximum atomic E-state index is 12.3. The molecule has 11 atom stereocenters. The Hall–Kier alpha value is -1.23. The third-order valence-electron chi connectivity index (χ3n) is 6.24. The molecule has 2 saturated heterocycles. The van der Waals surface area contributed by atoms with Crippen molar-refractivity contribution in [2.24, 2.45) is 5.92 Å². The summed E-state index contributed by atoms with van der Waals surface area (Å²) in [5.41, 5.74) is 0.242. The van der Waals surface area contributed by atoms with Gasteiger partial charge >= 0.3 is 5.97 Å². The summed E-state index contributed by atoms with van der Waals surface area (Å²) in [4.78, 5) is 12.3. The van der Waals surface area contributed by atoms with Crippen molar-refractivity contribution in [2.75, 3.05) is 19.8 Å². The molecule has 0 bridgehead atoms. The van der Waals surface area contributed by atoms with Crippen molar-refractivity contribution >= 4 is 5.97 Å². The van der Waals surface area contributed by atoms with Crippen LogP contribution in [0.2, 0.25) is 0 Å². The van der Waals surface area contributed by atoms with Crippen LogP contribution >= 0.6 is 0 Å². The van der Waals surface area contributed by atoms with E-state index in [0.29, 0.717) is 19.3 Å². The fourth-order valence-electron chi connectivity index (χ4n) is 3.77. The first-order valence-electron chi connectivity index (χ1n) is 11.6. The van der Waals surface area contributed by atoms with Gasteiger partial charge in [-0.25, -0.2) is 4.79 Å². The Morgan fingerprint density at radius 2 is 1.34 bits per heavy atom. The van der Waals surface area contributed by atoms with Crippen molar-refractivity contribution in [2.45, 2.75) is 94.5 Å². The first-order chi connectivity index (χ1) is 16.5. The molecule has 8 N–H and O–H groups in total. The summed E-state index contributed by atoms with van der Waals surface area (Å²) >= 11 is 0. The van der Waals surface area contributed by atoms with Crippen molar-refractivity contribution in [3.8, 4) is 0 Å². The van der Waals surface area contributed by atoms with Crippen LogP contribution in [-0.2, 0) is 23.7 Å². The largest absolute Gasteiger partial charge is 0.429 e. The van der Waals surface area contributed by atoms with Crippen molar-refractivity contribution in [3.05, 3.63) is 11.6 Å². The molecule has 204 valence electrons. The lowest BCUT2D eigenvalue weighted by atomic mass is 9.99. The molecule has 0 aromatic heterocycles. The van der Waals surface area contributed by atoms with Gasteiger partial charge in [0.1, 0.15) is 48.8 Å². The molecule has 0 aromatic rings. The number of aliphatic hydroxyl groups excluding tert-OH is 8. The van der Waals surface area contributed by atoms with E-state index in [9.17, 15) is 45.6 Å². The minimum atomic E-state index is -1.67. The molecule has 35 heavy (non-hydrogen) atoms. The highest BCUT2D eigenvalue weighted by Crippen LogP contribution is 2.24. The van der Waals surface area contributed by atoms with E-state index in [-0.39, 0.29) is 18.1 Å². The van der Waals surface area contributed by atoms with E-state index in [2.05, 4.69) is 0 Å². The van der Waals surface area contributed by atoms with E-state index in [0.717, 1.165) is 0 Å². The Labute approximate surface area is 203 Å². The molecule has 2 aliphatic rings. The Bertz CT molecular complexity index is 684. The topological polar surface area (TPSA) is 216 Å². The predicted molar refractivity (Wildman–Crippen MR) is 116 cm³/mol. The fraction of sp³-hybridized carbons (Fsp3) is 0.864. The van der Waals surface area contributed by atoms with Crippen molar-refractivity contribution in [3.63, 3.8) is 0 Å². The van der Waals surface area contributed by atoms with Crippen molar-refractivity contribution in [1.29, 1.82) is 0 Å². The number of rotatable bonds is 11. The summed E-state index contributed by atoms with van der Waals surface area (Å²) in [5.74, 6) is -0.640. The molecule has 13 nitrogen and oxygen atoms in total. The van der Waals surface area contributed by atoms with Gasteiger partial charge in [-0.3, -0.25) is 0 Å². The highest BCUT2D eigenvalue weighted by Gasteiger charge is 2.45. The number of carbonyl (C=O) groups is 1. The zero-order chi connectivity index (χ0) is 26.3. The van der Waals surface area contributed by atoms with Gasteiger partial charge in [0.2, 0.25) is 6.29 Å². The first kappa shape index (κ1) is 30.0. The second kappa shape index (κ2) is 13.9. The number of hydrogen-bond donors (Lipinski definition) is 8. The van der Waals surface area contributed by atoms with Gasteiger partial charge in [0, 0.05) is 5.57 Å². The highest BCUT2D eigenvalue weighted by atomic mass is 16.7. The molecule has 0 spiro atoms. The van der Waals surface area contributed by atoms with Gasteiger partial charge in [0.15, 0.2) is 6.29 Å². The quantitative estimate of drug-likeness (QED) is 0.102. The van der Waals surface area contributed by atoms with Gasteiger partial charge in [0.05, 0.1) is 19.8 Å². The normalized spacial score (nSPS) is 39.3. The minimum absolute atomic E-state index is 0.144. The molecule has 0 radical (unpaired) electrons. The van der Waals surface area contributed by atoms with E-state index in [1.807, 2.05) is 6.92 Å². The van der Waals surface area contributed by atoms with E-state index < -0.39 is 80.6 Å². The van der Waals surface area contributed by atoms with Gasteiger partial charge in [-0.2, -0.15) is 0 Å². The molecule has 11 unspecified atom stereocenters. The molecule has 13 heteroatoms. The van der Waals surface area contributed by atoms with Gasteiger partial charge in [0.25, 0.3) is 0 Å². The number of aliphatic hydroxyl groups is 8. The molecule has 2 aliphatic heterocycles. The Balaban J connectivity index is 1.73.